The lowest BCUT2D eigenvalue weighted by Gasteiger charge is -2.06. The minimum Gasteiger partial charge on any atom is -0.495 e. The van der Waals surface area contributed by atoms with Gasteiger partial charge in [-0.2, -0.15) is 0 Å². The third-order valence-electron chi connectivity index (χ3n) is 2.29. The van der Waals surface area contributed by atoms with E-state index in [0.717, 1.165) is 5.56 Å². The summed E-state index contributed by atoms with van der Waals surface area (Å²) in [5, 5.41) is 0.581. The van der Waals surface area contributed by atoms with Crippen molar-refractivity contribution in [1.82, 2.24) is 0 Å². The molecule has 3 nitrogen and oxygen atoms in total. The SMILES string of the molecule is COc1ccc(C2=C(Cl)C(=O)OC2)cc1Cl. The van der Waals surface area contributed by atoms with Crippen molar-refractivity contribution in [3.63, 3.8) is 0 Å². The smallest absolute Gasteiger partial charge is 0.350 e. The molecule has 0 unspecified atom stereocenters. The molecular formula is C11H8Cl2O3. The lowest BCUT2D eigenvalue weighted by Crippen LogP contribution is -1.93. The number of hydrogen-bond donors (Lipinski definition) is 0. The van der Waals surface area contributed by atoms with Gasteiger partial charge >= 0.3 is 5.97 Å². The van der Waals surface area contributed by atoms with Gasteiger partial charge in [0.05, 0.1) is 12.1 Å². The van der Waals surface area contributed by atoms with Gasteiger partial charge in [0, 0.05) is 5.57 Å². The Balaban J connectivity index is 2.43. The summed E-state index contributed by atoms with van der Waals surface area (Å²) < 4.78 is 9.84. The van der Waals surface area contributed by atoms with Gasteiger partial charge in [0.25, 0.3) is 0 Å². The van der Waals surface area contributed by atoms with Gasteiger partial charge in [-0.1, -0.05) is 29.3 Å². The van der Waals surface area contributed by atoms with E-state index in [4.69, 9.17) is 32.7 Å². The molecular weight excluding hydrogens is 251 g/mol. The zero-order valence-corrected chi connectivity index (χ0v) is 9.93. The standard InChI is InChI=1S/C11H8Cl2O3/c1-15-9-3-2-6(4-8(9)12)7-5-16-11(14)10(7)13/h2-4H,5H2,1H3. The van der Waals surface area contributed by atoms with Crippen LogP contribution >= 0.6 is 23.2 Å². The number of hydrogen-bond acceptors (Lipinski definition) is 3. The summed E-state index contributed by atoms with van der Waals surface area (Å²) in [4.78, 5) is 11.1. The first-order valence-electron chi connectivity index (χ1n) is 4.53. The molecule has 16 heavy (non-hydrogen) atoms. The Morgan fingerprint density at radius 3 is 2.62 bits per heavy atom. The first kappa shape index (κ1) is 11.3. The molecule has 0 amide bonds. The van der Waals surface area contributed by atoms with Crippen molar-refractivity contribution in [2.75, 3.05) is 13.7 Å². The minimum atomic E-state index is -0.497. The molecule has 1 aliphatic rings. The molecule has 0 aliphatic carbocycles. The van der Waals surface area contributed by atoms with Crippen LogP contribution in [0.5, 0.6) is 5.75 Å². The highest BCUT2D eigenvalue weighted by Gasteiger charge is 2.24. The average Bonchev–Trinajstić information content (AvgIpc) is 2.60. The van der Waals surface area contributed by atoms with Gasteiger partial charge in [-0.05, 0) is 17.7 Å². The molecule has 0 saturated heterocycles. The number of rotatable bonds is 2. The summed E-state index contributed by atoms with van der Waals surface area (Å²) in [6.45, 7) is 0.181. The van der Waals surface area contributed by atoms with Crippen molar-refractivity contribution in [3.05, 3.63) is 33.8 Å². The van der Waals surface area contributed by atoms with Crippen molar-refractivity contribution in [1.29, 1.82) is 0 Å². The summed E-state index contributed by atoms with van der Waals surface area (Å²) >= 11 is 11.8. The quantitative estimate of drug-likeness (QED) is 0.766. The van der Waals surface area contributed by atoms with Crippen LogP contribution in [-0.4, -0.2) is 19.7 Å². The second-order valence-electron chi connectivity index (χ2n) is 3.22. The molecule has 0 N–H and O–H groups in total. The number of esters is 1. The fourth-order valence-electron chi connectivity index (χ4n) is 1.45. The van der Waals surface area contributed by atoms with Crippen molar-refractivity contribution in [3.8, 4) is 5.75 Å². The highest BCUT2D eigenvalue weighted by Crippen LogP contribution is 2.33. The van der Waals surface area contributed by atoms with E-state index in [2.05, 4.69) is 0 Å². The van der Waals surface area contributed by atoms with Crippen molar-refractivity contribution < 1.29 is 14.3 Å². The van der Waals surface area contributed by atoms with Crippen molar-refractivity contribution in [2.24, 2.45) is 0 Å². The lowest BCUT2D eigenvalue weighted by atomic mass is 10.1. The number of carbonyl (C=O) groups excluding carboxylic acids is 1. The fourth-order valence-corrected chi connectivity index (χ4v) is 1.93. The zero-order valence-electron chi connectivity index (χ0n) is 8.42. The zero-order chi connectivity index (χ0) is 11.7. The number of cyclic esters (lactones) is 1. The van der Waals surface area contributed by atoms with Crippen molar-refractivity contribution in [2.45, 2.75) is 0 Å². The summed E-state index contributed by atoms with van der Waals surface area (Å²) in [6.07, 6.45) is 0. The van der Waals surface area contributed by atoms with Crippen LogP contribution in [0, 0.1) is 0 Å². The average molecular weight is 259 g/mol. The Hall–Kier alpha value is -1.19. The molecule has 84 valence electrons. The van der Waals surface area contributed by atoms with Gasteiger partial charge in [-0.3, -0.25) is 0 Å². The predicted octanol–water partition coefficient (Wildman–Crippen LogP) is 2.86. The molecule has 0 radical (unpaired) electrons. The third-order valence-corrected chi connectivity index (χ3v) is 2.97. The Bertz CT molecular complexity index is 480. The molecule has 0 bridgehead atoms. The summed E-state index contributed by atoms with van der Waals surface area (Å²) in [7, 11) is 1.54. The van der Waals surface area contributed by atoms with Crippen LogP contribution in [0.1, 0.15) is 5.56 Å². The summed E-state index contributed by atoms with van der Waals surface area (Å²) in [5.74, 6) is 0.0796. The molecule has 1 aromatic carbocycles. The van der Waals surface area contributed by atoms with Crippen LogP contribution in [0.2, 0.25) is 5.02 Å². The second-order valence-corrected chi connectivity index (χ2v) is 4.00. The van der Waals surface area contributed by atoms with Crippen LogP contribution in [0.25, 0.3) is 5.57 Å². The molecule has 2 rings (SSSR count). The van der Waals surface area contributed by atoms with Gasteiger partial charge in [0.15, 0.2) is 0 Å². The van der Waals surface area contributed by atoms with Gasteiger partial charge in [-0.25, -0.2) is 4.79 Å². The topological polar surface area (TPSA) is 35.5 Å². The molecule has 1 heterocycles. The second kappa shape index (κ2) is 4.36. The first-order chi connectivity index (χ1) is 7.63. The first-order valence-corrected chi connectivity index (χ1v) is 5.28. The van der Waals surface area contributed by atoms with E-state index in [9.17, 15) is 4.79 Å². The molecule has 0 aromatic heterocycles. The maximum atomic E-state index is 11.1. The van der Waals surface area contributed by atoms with E-state index in [1.807, 2.05) is 0 Å². The lowest BCUT2D eigenvalue weighted by molar-refractivity contribution is -0.135. The summed E-state index contributed by atoms with van der Waals surface area (Å²) in [5.41, 5.74) is 1.41. The predicted molar refractivity (Wildman–Crippen MR) is 61.7 cm³/mol. The number of methoxy groups -OCH3 is 1. The van der Waals surface area contributed by atoms with Crippen molar-refractivity contribution >= 4 is 34.7 Å². The number of carbonyl (C=O) groups is 1. The Morgan fingerprint density at radius 2 is 2.12 bits per heavy atom. The largest absolute Gasteiger partial charge is 0.495 e. The van der Waals surface area contributed by atoms with E-state index < -0.39 is 5.97 Å². The molecule has 0 atom stereocenters. The van der Waals surface area contributed by atoms with Crippen LogP contribution < -0.4 is 4.74 Å². The van der Waals surface area contributed by atoms with Crippen LogP contribution in [-0.2, 0) is 9.53 Å². The van der Waals surface area contributed by atoms with Gasteiger partial charge in [0.2, 0.25) is 0 Å². The van der Waals surface area contributed by atoms with Crippen LogP contribution in [0.3, 0.4) is 0 Å². The molecule has 1 aliphatic heterocycles. The van der Waals surface area contributed by atoms with Gasteiger partial charge < -0.3 is 9.47 Å². The fraction of sp³-hybridized carbons (Fsp3) is 0.182. The number of ether oxygens (including phenoxy) is 2. The minimum absolute atomic E-state index is 0.112. The van der Waals surface area contributed by atoms with Crippen LogP contribution in [0.15, 0.2) is 23.2 Å². The maximum absolute atomic E-state index is 11.1. The van der Waals surface area contributed by atoms with E-state index in [1.54, 1.807) is 18.2 Å². The number of benzene rings is 1. The Kier molecular flexibility index (Phi) is 3.08. The highest BCUT2D eigenvalue weighted by molar-refractivity contribution is 6.45. The molecule has 0 saturated carbocycles. The molecule has 1 aromatic rings. The van der Waals surface area contributed by atoms with E-state index in [1.165, 1.54) is 7.11 Å². The molecule has 0 spiro atoms. The molecule has 5 heteroatoms. The Morgan fingerprint density at radius 1 is 1.38 bits per heavy atom. The normalized spacial score (nSPS) is 15.3. The van der Waals surface area contributed by atoms with Gasteiger partial charge in [0.1, 0.15) is 17.4 Å². The monoisotopic (exact) mass is 258 g/mol. The van der Waals surface area contributed by atoms with E-state index in [0.29, 0.717) is 16.3 Å². The maximum Gasteiger partial charge on any atom is 0.350 e. The highest BCUT2D eigenvalue weighted by atomic mass is 35.5. The Labute approximate surface area is 103 Å². The van der Waals surface area contributed by atoms with Gasteiger partial charge in [-0.15, -0.1) is 0 Å². The summed E-state index contributed by atoms with van der Waals surface area (Å²) in [6, 6.07) is 5.20. The number of halogens is 2. The van der Waals surface area contributed by atoms with E-state index in [-0.39, 0.29) is 11.6 Å². The molecule has 0 fully saturated rings. The third kappa shape index (κ3) is 1.88. The van der Waals surface area contributed by atoms with E-state index >= 15 is 0 Å². The van der Waals surface area contributed by atoms with Crippen LogP contribution in [0.4, 0.5) is 0 Å².